The van der Waals surface area contributed by atoms with Gasteiger partial charge in [-0.3, -0.25) is 19.2 Å². The van der Waals surface area contributed by atoms with E-state index >= 15 is 0 Å². The smallest absolute Gasteiger partial charge is 0.202 e. The average molecular weight is 1170 g/mol. The van der Waals surface area contributed by atoms with E-state index in [0.717, 1.165) is 0 Å². The predicted octanol–water partition coefficient (Wildman–Crippen LogP) is 5.14. The van der Waals surface area contributed by atoms with Crippen LogP contribution in [0, 0.1) is 0 Å². The van der Waals surface area contributed by atoms with Crippen LogP contribution in [-0.4, -0.2) is 210 Å². The highest BCUT2D eigenvalue weighted by atomic mass is 16.8. The molecule has 0 saturated carbocycles. The zero-order valence-electron chi connectivity index (χ0n) is 49.1. The lowest BCUT2D eigenvalue weighted by atomic mass is 9.70. The molecule has 7 fully saturated rings. The van der Waals surface area contributed by atoms with Crippen LogP contribution in [0.2, 0.25) is 0 Å². The van der Waals surface area contributed by atoms with Crippen LogP contribution in [0.1, 0.15) is 168 Å². The van der Waals surface area contributed by atoms with Gasteiger partial charge >= 0.3 is 0 Å². The molecule has 0 radical (unpaired) electrons. The Morgan fingerprint density at radius 3 is 1.82 bits per heavy atom. The van der Waals surface area contributed by atoms with Crippen molar-refractivity contribution in [2.45, 2.75) is 254 Å². The molecule has 11 rings (SSSR count). The zero-order chi connectivity index (χ0) is 59.2. The second-order valence-corrected chi connectivity index (χ2v) is 24.6. The molecule has 2 aromatic carbocycles. The molecule has 458 valence electrons. The Labute approximate surface area is 483 Å². The van der Waals surface area contributed by atoms with Crippen molar-refractivity contribution in [3.63, 3.8) is 0 Å². The van der Waals surface area contributed by atoms with Gasteiger partial charge in [0, 0.05) is 80.1 Å². The van der Waals surface area contributed by atoms with Gasteiger partial charge in [-0.1, -0.05) is 19.1 Å². The fourth-order valence-corrected chi connectivity index (χ4v) is 14.0. The number of phenols is 3. The second kappa shape index (κ2) is 23.9. The summed E-state index contributed by atoms with van der Waals surface area (Å²) >= 11 is 0. The van der Waals surface area contributed by atoms with Crippen LogP contribution in [0.5, 0.6) is 17.2 Å². The summed E-state index contributed by atoms with van der Waals surface area (Å²) in [6, 6.07) is 3.31. The van der Waals surface area contributed by atoms with Gasteiger partial charge in [-0.25, -0.2) is 0 Å². The van der Waals surface area contributed by atoms with E-state index in [0.29, 0.717) is 32.1 Å². The van der Waals surface area contributed by atoms with Crippen LogP contribution >= 0.6 is 0 Å². The van der Waals surface area contributed by atoms with Gasteiger partial charge in [0.1, 0.15) is 60.0 Å². The van der Waals surface area contributed by atoms with Crippen LogP contribution in [0.25, 0.3) is 0 Å². The van der Waals surface area contributed by atoms with Gasteiger partial charge in [-0.2, -0.15) is 0 Å². The Hall–Kier alpha value is -4.12. The third kappa shape index (κ3) is 11.5. The standard InChI is InChI=1S/C60H82N2O21/c1-12-60(70)24-40(79-43-20-32(61(8)9)56(29(6)73-43)81-45-23-38-57(30(7)75-45)83-59-39(77-38)22-36(65)26(3)76-59)47-50(54(69)48-49(53(47)68)52(67)46-31(51(48)66)14-13-15-35(46)64)58(60)82-44-21-33(62(10)11)55(28(5)74-44)80-42-19-17-37(27(4)72-42)78-41-18-16-34(63)25(2)71-41/h13-15,25-30,32-33,37-45,55-59,64,68-70H,12,16-24H2,1-11H3/t25-,26-,27-,28-,29-,30-,32-,33-,37+,38-,39+,40+,41+,42-,43+,44+,45+,55+,56+,57+,58-,59-,60+/m1/s1. The Bertz CT molecular complexity index is 2780. The molecule has 23 atom stereocenters. The summed E-state index contributed by atoms with van der Waals surface area (Å²) in [7, 11) is 7.61. The summed E-state index contributed by atoms with van der Waals surface area (Å²) in [6.45, 7) is 12.7. The normalized spacial score (nSPS) is 42.0. The van der Waals surface area contributed by atoms with Gasteiger partial charge < -0.3 is 91.8 Å². The number of benzene rings is 2. The number of fused-ring (bicyclic) bond motifs is 5. The van der Waals surface area contributed by atoms with Crippen molar-refractivity contribution in [2.75, 3.05) is 28.2 Å². The number of aromatic hydroxyl groups is 3. The third-order valence-electron chi connectivity index (χ3n) is 18.6. The number of aliphatic hydroxyl groups is 1. The topological polar surface area (TPSA) is 276 Å². The molecule has 9 aliphatic rings. The first kappa shape index (κ1) is 60.6. The number of rotatable bonds is 13. The Kier molecular flexibility index (Phi) is 17.4. The number of ether oxygens (including phenoxy) is 13. The van der Waals surface area contributed by atoms with E-state index in [9.17, 15) is 39.6 Å². The lowest BCUT2D eigenvalue weighted by Gasteiger charge is -2.51. The molecule has 0 spiro atoms. The van der Waals surface area contributed by atoms with Crippen LogP contribution in [0.3, 0.4) is 0 Å². The number of carbonyl (C=O) groups is 4. The summed E-state index contributed by atoms with van der Waals surface area (Å²) in [5, 5.41) is 49.5. The van der Waals surface area contributed by atoms with Gasteiger partial charge in [-0.15, -0.1) is 0 Å². The molecule has 7 aliphatic heterocycles. The maximum atomic E-state index is 14.6. The van der Waals surface area contributed by atoms with E-state index in [2.05, 4.69) is 0 Å². The molecule has 83 heavy (non-hydrogen) atoms. The highest BCUT2D eigenvalue weighted by Crippen LogP contribution is 2.58. The van der Waals surface area contributed by atoms with Crippen molar-refractivity contribution in [1.82, 2.24) is 9.80 Å². The van der Waals surface area contributed by atoms with Crippen molar-refractivity contribution >= 4 is 23.1 Å². The predicted molar refractivity (Wildman–Crippen MR) is 288 cm³/mol. The number of Topliss-reactive ketones (excluding diaryl/α,β-unsaturated/α-hetero) is 2. The molecule has 7 saturated heterocycles. The Morgan fingerprint density at radius 1 is 0.578 bits per heavy atom. The Balaban J connectivity index is 0.843. The minimum absolute atomic E-state index is 0.0212. The number of phenolic OH excluding ortho intramolecular Hbond substituents is 3. The number of likely N-dealkylation sites (N-methyl/N-ethyl adjacent to an activating group) is 2. The lowest BCUT2D eigenvalue weighted by Crippen LogP contribution is -2.62. The van der Waals surface area contributed by atoms with Gasteiger partial charge in [0.15, 0.2) is 55.1 Å². The number of hydrogen-bond donors (Lipinski definition) is 4. The summed E-state index contributed by atoms with van der Waals surface area (Å²) in [4.78, 5) is 57.7. The maximum absolute atomic E-state index is 14.6. The third-order valence-corrected chi connectivity index (χ3v) is 18.6. The van der Waals surface area contributed by atoms with Crippen LogP contribution in [0.15, 0.2) is 18.2 Å². The molecule has 0 unspecified atom stereocenters. The largest absolute Gasteiger partial charge is 0.507 e. The molecule has 23 heteroatoms. The molecule has 7 heterocycles. The lowest BCUT2D eigenvalue weighted by molar-refractivity contribution is -0.371. The zero-order valence-corrected chi connectivity index (χ0v) is 49.1. The summed E-state index contributed by atoms with van der Waals surface area (Å²) in [6.07, 6.45) is -10.7. The van der Waals surface area contributed by atoms with Gasteiger partial charge in [0.05, 0.1) is 65.0 Å². The minimum Gasteiger partial charge on any atom is -0.507 e. The second-order valence-electron chi connectivity index (χ2n) is 24.6. The van der Waals surface area contributed by atoms with Crippen LogP contribution in [0.4, 0.5) is 0 Å². The molecule has 2 aliphatic carbocycles. The van der Waals surface area contributed by atoms with E-state index in [4.69, 9.17) is 61.6 Å². The van der Waals surface area contributed by atoms with Gasteiger partial charge in [-0.05, 0) is 88.6 Å². The van der Waals surface area contributed by atoms with Gasteiger partial charge in [0.2, 0.25) is 5.78 Å². The van der Waals surface area contributed by atoms with E-state index in [1.54, 1.807) is 20.8 Å². The first-order valence-corrected chi connectivity index (χ1v) is 29.6. The van der Waals surface area contributed by atoms with E-state index < -0.39 is 157 Å². The van der Waals surface area contributed by atoms with E-state index in [1.807, 2.05) is 65.7 Å². The SMILES string of the molecule is CC[C@]1(O)C[C@H](O[C@H]2C[C@@H](N(C)C)[C@@H](O[C@H]3C[C@H]4O[C@H]5CC(=O)[C@@H](C)O[C@@H]5O[C@H]4[C@@H](C)O3)[C@@H](C)O2)c2c(O)c3c(c(O)c2[C@H]1O[C@H]1C[C@@H](N(C)C)[C@@H](O[C@@H]2CC[C@H](O[C@H]4CCC(=O)[C@@H](C)O4)[C@@H](C)O2)[C@@H](C)O1)C(=O)c1cccc(O)c1C3=O. The highest BCUT2D eigenvalue weighted by Gasteiger charge is 2.56. The molecular formula is C60H82N2O21. The number of ketones is 4. The Morgan fingerprint density at radius 2 is 1.17 bits per heavy atom. The fourth-order valence-electron chi connectivity index (χ4n) is 14.0. The molecule has 2 aromatic rings. The van der Waals surface area contributed by atoms with Crippen molar-refractivity contribution in [3.05, 3.63) is 51.6 Å². The first-order chi connectivity index (χ1) is 39.4. The van der Waals surface area contributed by atoms with Crippen LogP contribution < -0.4 is 0 Å². The summed E-state index contributed by atoms with van der Waals surface area (Å²) in [5.41, 5.74) is -3.70. The van der Waals surface area contributed by atoms with Crippen molar-refractivity contribution in [3.8, 4) is 17.2 Å². The van der Waals surface area contributed by atoms with Gasteiger partial charge in [0.25, 0.3) is 0 Å². The first-order valence-electron chi connectivity index (χ1n) is 29.6. The van der Waals surface area contributed by atoms with E-state index in [-0.39, 0.29) is 90.2 Å². The average Bonchev–Trinajstić information content (AvgIpc) is 1.62. The van der Waals surface area contributed by atoms with Crippen LogP contribution in [-0.2, 0) is 71.2 Å². The maximum Gasteiger partial charge on any atom is 0.202 e. The fraction of sp³-hybridized carbons (Fsp3) is 0.733. The molecule has 0 aromatic heterocycles. The summed E-state index contributed by atoms with van der Waals surface area (Å²) in [5.74, 6) is -3.61. The van der Waals surface area contributed by atoms with Crippen molar-refractivity contribution in [2.24, 2.45) is 0 Å². The van der Waals surface area contributed by atoms with Crippen molar-refractivity contribution < 1.29 is 101 Å². The highest BCUT2D eigenvalue weighted by molar-refractivity contribution is 6.31. The van der Waals surface area contributed by atoms with Crippen molar-refractivity contribution in [1.29, 1.82) is 0 Å². The monoisotopic (exact) mass is 1170 g/mol. The quantitative estimate of drug-likeness (QED) is 0.161. The molecule has 4 N–H and O–H groups in total. The van der Waals surface area contributed by atoms with E-state index in [1.165, 1.54) is 18.2 Å². The number of nitrogens with zero attached hydrogens (tertiary/aromatic N) is 2. The summed E-state index contributed by atoms with van der Waals surface area (Å²) < 4.78 is 84.0. The number of carbonyl (C=O) groups excluding carboxylic acids is 4. The molecule has 0 amide bonds. The number of hydrogen-bond acceptors (Lipinski definition) is 23. The molecule has 23 nitrogen and oxygen atoms in total. The minimum atomic E-state index is -1.87. The molecular weight excluding hydrogens is 1080 g/mol. The molecule has 0 bridgehead atoms.